The van der Waals surface area contributed by atoms with Crippen molar-refractivity contribution in [3.05, 3.63) is 121 Å². The number of hydrogen-bond acceptors (Lipinski definition) is 6. The van der Waals surface area contributed by atoms with Crippen LogP contribution >= 0.6 is 0 Å². The number of esters is 1. The Bertz CT molecular complexity index is 1970. The third kappa shape index (κ3) is 8.71. The molecule has 0 amide bonds. The van der Waals surface area contributed by atoms with Crippen LogP contribution in [0.4, 0.5) is 17.6 Å². The summed E-state index contributed by atoms with van der Waals surface area (Å²) in [6, 6.07) is 15.9. The lowest BCUT2D eigenvalue weighted by atomic mass is 9.97. The summed E-state index contributed by atoms with van der Waals surface area (Å²) < 4.78 is 70.5. The van der Waals surface area contributed by atoms with Crippen LogP contribution in [0.3, 0.4) is 0 Å². The lowest BCUT2D eigenvalue weighted by Crippen LogP contribution is -2.45. The fraction of sp³-hybridized carbons (Fsp3) is 0.395. The Balaban J connectivity index is 1.92. The Kier molecular flexibility index (Phi) is 11.5. The average Bonchev–Trinajstić information content (AvgIpc) is 3.01. The van der Waals surface area contributed by atoms with Crippen LogP contribution in [0.2, 0.25) is 0 Å². The molecular weight excluding hydrogens is 654 g/mol. The van der Waals surface area contributed by atoms with E-state index in [0.29, 0.717) is 16.9 Å². The van der Waals surface area contributed by atoms with Crippen LogP contribution in [0.5, 0.6) is 5.75 Å². The second kappa shape index (κ2) is 15.0. The van der Waals surface area contributed by atoms with E-state index in [-0.39, 0.29) is 23.7 Å². The standard InChI is InChI=1S/C38H43F4N3O5/c1-23(2)25-13-11-14-26(19-25)34-24(3)44(20-28-29(38(40,41)42)16-12-17-30(28)39)36(48)45(35(34)47)21-31(43(7)8)27-15-9-10-18-32(27)49-22-33(46)50-37(4,5)6/h9-19,23,31H,20-22H2,1-8H3. The molecule has 4 rings (SSSR count). The molecule has 0 spiro atoms. The zero-order valence-electron chi connectivity index (χ0n) is 29.5. The molecule has 0 fully saturated rings. The van der Waals surface area contributed by atoms with Gasteiger partial charge in [-0.05, 0) is 77.0 Å². The Labute approximate surface area is 288 Å². The lowest BCUT2D eigenvalue weighted by Gasteiger charge is -2.28. The van der Waals surface area contributed by atoms with Crippen LogP contribution in [0, 0.1) is 12.7 Å². The van der Waals surface area contributed by atoms with Gasteiger partial charge < -0.3 is 14.4 Å². The van der Waals surface area contributed by atoms with E-state index in [9.17, 15) is 27.6 Å². The van der Waals surface area contributed by atoms with Crippen molar-refractivity contribution >= 4 is 5.97 Å². The molecule has 0 aliphatic carbocycles. The van der Waals surface area contributed by atoms with E-state index in [4.69, 9.17) is 9.47 Å². The van der Waals surface area contributed by atoms with E-state index >= 15 is 4.39 Å². The van der Waals surface area contributed by atoms with Crippen LogP contribution < -0.4 is 16.0 Å². The first-order valence-electron chi connectivity index (χ1n) is 16.2. The highest BCUT2D eigenvalue weighted by Gasteiger charge is 2.35. The number of ether oxygens (including phenoxy) is 2. The molecule has 1 heterocycles. The van der Waals surface area contributed by atoms with Gasteiger partial charge in [-0.15, -0.1) is 0 Å². The van der Waals surface area contributed by atoms with Gasteiger partial charge in [0.25, 0.3) is 5.56 Å². The average molecular weight is 698 g/mol. The molecule has 50 heavy (non-hydrogen) atoms. The molecule has 0 aliphatic heterocycles. The van der Waals surface area contributed by atoms with E-state index < -0.39 is 65.1 Å². The van der Waals surface area contributed by atoms with Gasteiger partial charge in [-0.3, -0.25) is 13.9 Å². The highest BCUT2D eigenvalue weighted by Crippen LogP contribution is 2.34. The summed E-state index contributed by atoms with van der Waals surface area (Å²) in [6.07, 6.45) is -4.89. The van der Waals surface area contributed by atoms with Crippen molar-refractivity contribution in [2.24, 2.45) is 0 Å². The molecule has 1 atom stereocenters. The maximum atomic E-state index is 15.1. The van der Waals surface area contributed by atoms with Gasteiger partial charge in [0.05, 0.1) is 30.3 Å². The van der Waals surface area contributed by atoms with E-state index in [0.717, 1.165) is 32.9 Å². The van der Waals surface area contributed by atoms with Crippen molar-refractivity contribution in [1.29, 1.82) is 0 Å². The Morgan fingerprint density at radius 2 is 1.58 bits per heavy atom. The largest absolute Gasteiger partial charge is 0.482 e. The zero-order valence-corrected chi connectivity index (χ0v) is 29.5. The molecule has 3 aromatic carbocycles. The second-order valence-electron chi connectivity index (χ2n) is 13.7. The van der Waals surface area contributed by atoms with Crippen molar-refractivity contribution in [1.82, 2.24) is 14.0 Å². The molecule has 0 radical (unpaired) electrons. The van der Waals surface area contributed by atoms with Crippen LogP contribution in [0.1, 0.15) is 74.5 Å². The highest BCUT2D eigenvalue weighted by molar-refractivity contribution is 5.71. The molecule has 0 bridgehead atoms. The SMILES string of the molecule is Cc1c(-c2cccc(C(C)C)c2)c(=O)n(CC(c2ccccc2OCC(=O)OC(C)(C)C)N(C)C)c(=O)n1Cc1c(F)cccc1C(F)(F)F. The molecule has 4 aromatic rings. The normalized spacial score (nSPS) is 12.8. The fourth-order valence-electron chi connectivity index (χ4n) is 5.78. The number of alkyl halides is 3. The predicted molar refractivity (Wildman–Crippen MR) is 184 cm³/mol. The smallest absolute Gasteiger partial charge is 0.416 e. The zero-order chi connectivity index (χ0) is 37.1. The predicted octanol–water partition coefficient (Wildman–Crippen LogP) is 7.34. The van der Waals surface area contributed by atoms with Gasteiger partial charge in [0.2, 0.25) is 0 Å². The number of benzene rings is 3. The first-order chi connectivity index (χ1) is 23.3. The van der Waals surface area contributed by atoms with Crippen molar-refractivity contribution in [3.8, 4) is 16.9 Å². The molecule has 0 saturated heterocycles. The molecule has 0 saturated carbocycles. The van der Waals surface area contributed by atoms with Crippen molar-refractivity contribution < 1.29 is 31.8 Å². The number of hydrogen-bond donors (Lipinski definition) is 0. The van der Waals surface area contributed by atoms with Crippen LogP contribution in [0.25, 0.3) is 11.1 Å². The molecule has 0 N–H and O–H groups in total. The van der Waals surface area contributed by atoms with Crippen molar-refractivity contribution in [3.63, 3.8) is 0 Å². The summed E-state index contributed by atoms with van der Waals surface area (Å²) in [5.74, 6) is -1.32. The summed E-state index contributed by atoms with van der Waals surface area (Å²) in [5.41, 5.74) is -2.13. The summed E-state index contributed by atoms with van der Waals surface area (Å²) >= 11 is 0. The Morgan fingerprint density at radius 3 is 2.20 bits per heavy atom. The van der Waals surface area contributed by atoms with E-state index in [1.807, 2.05) is 19.9 Å². The maximum Gasteiger partial charge on any atom is 0.416 e. The van der Waals surface area contributed by atoms with Gasteiger partial charge in [-0.1, -0.05) is 62.4 Å². The molecule has 0 aliphatic rings. The van der Waals surface area contributed by atoms with E-state index in [1.54, 1.807) is 82.2 Å². The number of rotatable bonds is 11. The number of carbonyl (C=O) groups is 1. The van der Waals surface area contributed by atoms with Crippen LogP contribution in [-0.4, -0.2) is 46.3 Å². The third-order valence-electron chi connectivity index (χ3n) is 8.29. The summed E-state index contributed by atoms with van der Waals surface area (Å²) in [6.45, 7) is 9.21. The summed E-state index contributed by atoms with van der Waals surface area (Å²) in [4.78, 5) is 42.9. The second-order valence-corrected chi connectivity index (χ2v) is 13.7. The molecule has 8 nitrogen and oxygen atoms in total. The number of halogens is 4. The minimum atomic E-state index is -4.89. The number of para-hydroxylation sites is 1. The third-order valence-corrected chi connectivity index (χ3v) is 8.29. The maximum absolute atomic E-state index is 15.1. The highest BCUT2D eigenvalue weighted by atomic mass is 19.4. The molecule has 1 aromatic heterocycles. The van der Waals surface area contributed by atoms with Crippen molar-refractivity contribution in [2.75, 3.05) is 20.7 Å². The minimum absolute atomic E-state index is 0.0893. The number of likely N-dealkylation sites (N-methyl/N-ethyl adjacent to an activating group) is 1. The summed E-state index contributed by atoms with van der Waals surface area (Å²) in [5, 5.41) is 0. The topological polar surface area (TPSA) is 82.8 Å². The lowest BCUT2D eigenvalue weighted by molar-refractivity contribution is -0.157. The molecular formula is C38H43F4N3O5. The molecule has 1 unspecified atom stereocenters. The quantitative estimate of drug-likeness (QED) is 0.121. The van der Waals surface area contributed by atoms with E-state index in [2.05, 4.69) is 0 Å². The van der Waals surface area contributed by atoms with Gasteiger partial charge in [0.1, 0.15) is 17.2 Å². The van der Waals surface area contributed by atoms with Gasteiger partial charge >= 0.3 is 17.8 Å². The summed E-state index contributed by atoms with van der Waals surface area (Å²) in [7, 11) is 3.46. The fourth-order valence-corrected chi connectivity index (χ4v) is 5.78. The van der Waals surface area contributed by atoms with Gasteiger partial charge in [0, 0.05) is 16.8 Å². The Morgan fingerprint density at radius 1 is 0.920 bits per heavy atom. The first kappa shape index (κ1) is 38.1. The van der Waals surface area contributed by atoms with E-state index in [1.165, 1.54) is 6.92 Å². The van der Waals surface area contributed by atoms with Crippen molar-refractivity contribution in [2.45, 2.75) is 78.4 Å². The number of carbonyl (C=O) groups excluding carboxylic acids is 1. The number of aromatic nitrogens is 2. The molecule has 12 heteroatoms. The number of nitrogens with zero attached hydrogens (tertiary/aromatic N) is 3. The van der Waals surface area contributed by atoms with Crippen LogP contribution in [-0.2, 0) is 28.8 Å². The van der Waals surface area contributed by atoms with Gasteiger partial charge in [-0.25, -0.2) is 14.0 Å². The van der Waals surface area contributed by atoms with Crippen LogP contribution in [0.15, 0.2) is 76.3 Å². The monoisotopic (exact) mass is 697 g/mol. The van der Waals surface area contributed by atoms with Gasteiger partial charge in [0.15, 0.2) is 6.61 Å². The van der Waals surface area contributed by atoms with Gasteiger partial charge in [-0.2, -0.15) is 13.2 Å². The minimum Gasteiger partial charge on any atom is -0.482 e. The first-order valence-corrected chi connectivity index (χ1v) is 16.2. The molecule has 268 valence electrons. The Hall–Kier alpha value is -4.71.